The van der Waals surface area contributed by atoms with Gasteiger partial charge in [-0.3, -0.25) is 0 Å². The molecular formula is C5H17NO2S. The van der Waals surface area contributed by atoms with Gasteiger partial charge in [0.05, 0.1) is 6.26 Å². The van der Waals surface area contributed by atoms with Gasteiger partial charge in [-0.1, -0.05) is 27.7 Å². The highest BCUT2D eigenvalue weighted by Gasteiger charge is 1.78. The van der Waals surface area contributed by atoms with Crippen LogP contribution in [0.5, 0.6) is 0 Å². The van der Waals surface area contributed by atoms with Crippen molar-refractivity contribution < 1.29 is 8.42 Å². The van der Waals surface area contributed by atoms with Crippen LogP contribution < -0.4 is 5.14 Å². The first kappa shape index (κ1) is 16.0. The fraction of sp³-hybridized carbons (Fsp3) is 1.00. The first-order valence-corrected chi connectivity index (χ1v) is 4.93. The van der Waals surface area contributed by atoms with Crippen molar-refractivity contribution in [2.45, 2.75) is 27.7 Å². The van der Waals surface area contributed by atoms with Crippen LogP contribution in [0.15, 0.2) is 0 Å². The molecule has 0 aliphatic rings. The number of nitrogens with two attached hydrogens (primary N) is 1. The summed E-state index contributed by atoms with van der Waals surface area (Å²) in [6.45, 7) is 8.00. The van der Waals surface area contributed by atoms with Gasteiger partial charge in [-0.05, 0) is 0 Å². The Bertz CT molecular complexity index is 98.1. The van der Waals surface area contributed by atoms with Gasteiger partial charge in [-0.15, -0.1) is 0 Å². The summed E-state index contributed by atoms with van der Waals surface area (Å²) in [4.78, 5) is 0. The molecule has 0 spiro atoms. The van der Waals surface area contributed by atoms with E-state index >= 15 is 0 Å². The summed E-state index contributed by atoms with van der Waals surface area (Å²) in [5.74, 6) is 0. The lowest BCUT2D eigenvalue weighted by molar-refractivity contribution is 0.603. The largest absolute Gasteiger partial charge is 0.229 e. The topological polar surface area (TPSA) is 60.2 Å². The summed E-state index contributed by atoms with van der Waals surface area (Å²) >= 11 is 0. The van der Waals surface area contributed by atoms with Gasteiger partial charge in [0, 0.05) is 0 Å². The van der Waals surface area contributed by atoms with E-state index in [4.69, 9.17) is 0 Å². The maximum atomic E-state index is 9.41. The molecule has 0 fully saturated rings. The fourth-order valence-electron chi connectivity index (χ4n) is 0. The van der Waals surface area contributed by atoms with E-state index in [9.17, 15) is 8.42 Å². The Labute approximate surface area is 58.3 Å². The van der Waals surface area contributed by atoms with Gasteiger partial charge >= 0.3 is 0 Å². The first-order chi connectivity index (χ1) is 4.00. The fourth-order valence-corrected chi connectivity index (χ4v) is 0. The Morgan fingerprint density at radius 2 is 1.00 bits per heavy atom. The van der Waals surface area contributed by atoms with Gasteiger partial charge in [0.25, 0.3) is 0 Å². The normalized spacial score (nSPS) is 7.78. The molecule has 0 saturated heterocycles. The summed E-state index contributed by atoms with van der Waals surface area (Å²) in [7, 11) is -3.17. The van der Waals surface area contributed by atoms with Crippen LogP contribution in [0.4, 0.5) is 0 Å². The minimum absolute atomic E-state index is 0.938. The molecule has 0 radical (unpaired) electrons. The number of rotatable bonds is 0. The summed E-state index contributed by atoms with van der Waals surface area (Å²) in [6, 6.07) is 0. The molecule has 0 aliphatic carbocycles. The molecule has 60 valence electrons. The monoisotopic (exact) mass is 155 g/mol. The predicted molar refractivity (Wildman–Crippen MR) is 41.7 cm³/mol. The maximum Gasteiger partial charge on any atom is 0.206 e. The quantitative estimate of drug-likeness (QED) is 0.566. The van der Waals surface area contributed by atoms with Crippen LogP contribution in [-0.2, 0) is 10.0 Å². The molecule has 0 bridgehead atoms. The van der Waals surface area contributed by atoms with Crippen molar-refractivity contribution in [3.63, 3.8) is 0 Å². The Hall–Kier alpha value is -0.0900. The molecule has 0 aromatic carbocycles. The van der Waals surface area contributed by atoms with Crippen molar-refractivity contribution in [2.24, 2.45) is 5.14 Å². The highest BCUT2D eigenvalue weighted by molar-refractivity contribution is 7.88. The summed E-state index contributed by atoms with van der Waals surface area (Å²) in [5, 5.41) is 4.33. The molecule has 0 rings (SSSR count). The standard InChI is InChI=1S/2C2H6.CH5NO2S/c2*1-2;1-5(2,3)4/h2*1-2H3;1H3,(H2,2,3,4). The Morgan fingerprint density at radius 3 is 1.00 bits per heavy atom. The zero-order valence-corrected chi connectivity index (χ0v) is 7.62. The third kappa shape index (κ3) is 34100. The van der Waals surface area contributed by atoms with Gasteiger partial charge in [0.2, 0.25) is 10.0 Å². The summed E-state index contributed by atoms with van der Waals surface area (Å²) < 4.78 is 18.8. The zero-order chi connectivity index (χ0) is 8.50. The highest BCUT2D eigenvalue weighted by Crippen LogP contribution is 1.52. The molecule has 4 heteroatoms. The molecule has 0 atom stereocenters. The molecule has 0 aromatic rings. The number of primary sulfonamides is 1. The van der Waals surface area contributed by atoms with Gasteiger partial charge in [-0.2, -0.15) is 0 Å². The third-order valence-corrected chi connectivity index (χ3v) is 0. The Kier molecular flexibility index (Phi) is 19.2. The van der Waals surface area contributed by atoms with Gasteiger partial charge in [0.1, 0.15) is 0 Å². The summed E-state index contributed by atoms with van der Waals surface area (Å²) in [5.41, 5.74) is 0. The maximum absolute atomic E-state index is 9.41. The minimum Gasteiger partial charge on any atom is -0.229 e. The molecule has 0 aliphatic heterocycles. The van der Waals surface area contributed by atoms with E-state index in [0.717, 1.165) is 6.26 Å². The van der Waals surface area contributed by atoms with Crippen molar-refractivity contribution in [3.05, 3.63) is 0 Å². The van der Waals surface area contributed by atoms with E-state index < -0.39 is 10.0 Å². The number of hydrogen-bond acceptors (Lipinski definition) is 2. The van der Waals surface area contributed by atoms with Crippen LogP contribution in [0, 0.1) is 0 Å². The smallest absolute Gasteiger partial charge is 0.206 e. The van der Waals surface area contributed by atoms with Crippen LogP contribution in [-0.4, -0.2) is 14.7 Å². The van der Waals surface area contributed by atoms with Crippen LogP contribution in [0.3, 0.4) is 0 Å². The molecular weight excluding hydrogens is 138 g/mol. The number of hydrogen-bond donors (Lipinski definition) is 1. The lowest BCUT2D eigenvalue weighted by atomic mass is 11.0. The van der Waals surface area contributed by atoms with Gasteiger partial charge in [0.15, 0.2) is 0 Å². The average molecular weight is 155 g/mol. The van der Waals surface area contributed by atoms with Crippen molar-refractivity contribution in [3.8, 4) is 0 Å². The summed E-state index contributed by atoms with van der Waals surface area (Å²) in [6.07, 6.45) is 0.938. The molecule has 0 heterocycles. The Balaban J connectivity index is -0.0000000771. The molecule has 0 unspecified atom stereocenters. The third-order valence-electron chi connectivity index (χ3n) is 0. The van der Waals surface area contributed by atoms with Crippen LogP contribution >= 0.6 is 0 Å². The highest BCUT2D eigenvalue weighted by atomic mass is 32.2. The number of sulfonamides is 1. The Morgan fingerprint density at radius 1 is 1.00 bits per heavy atom. The lowest BCUT2D eigenvalue weighted by Gasteiger charge is -1.71. The van der Waals surface area contributed by atoms with Crippen molar-refractivity contribution >= 4 is 10.0 Å². The van der Waals surface area contributed by atoms with E-state index in [2.05, 4.69) is 5.14 Å². The molecule has 9 heavy (non-hydrogen) atoms. The van der Waals surface area contributed by atoms with Gasteiger partial charge in [-0.25, -0.2) is 13.6 Å². The van der Waals surface area contributed by atoms with E-state index in [1.807, 2.05) is 27.7 Å². The van der Waals surface area contributed by atoms with Crippen LogP contribution in [0.1, 0.15) is 27.7 Å². The SMILES string of the molecule is CC.CC.CS(N)(=O)=O. The average Bonchev–Trinajstić information content (AvgIpc) is 1.72. The van der Waals surface area contributed by atoms with Crippen LogP contribution in [0.25, 0.3) is 0 Å². The van der Waals surface area contributed by atoms with E-state index in [0.29, 0.717) is 0 Å². The minimum atomic E-state index is -3.17. The second-order valence-corrected chi connectivity index (χ2v) is 2.49. The predicted octanol–water partition coefficient (Wildman–Crippen LogP) is 0.957. The zero-order valence-electron chi connectivity index (χ0n) is 6.80. The lowest BCUT2D eigenvalue weighted by Crippen LogP contribution is -2.07. The van der Waals surface area contributed by atoms with E-state index in [-0.39, 0.29) is 0 Å². The van der Waals surface area contributed by atoms with Crippen LogP contribution in [0.2, 0.25) is 0 Å². The second-order valence-electron chi connectivity index (χ2n) is 0.830. The molecule has 3 nitrogen and oxygen atoms in total. The molecule has 0 aromatic heterocycles. The first-order valence-electron chi connectivity index (χ1n) is 2.98. The van der Waals surface area contributed by atoms with Crippen molar-refractivity contribution in [1.82, 2.24) is 0 Å². The van der Waals surface area contributed by atoms with E-state index in [1.165, 1.54) is 0 Å². The second kappa shape index (κ2) is 10.8. The molecule has 0 saturated carbocycles. The van der Waals surface area contributed by atoms with Crippen molar-refractivity contribution in [2.75, 3.05) is 6.26 Å². The van der Waals surface area contributed by atoms with Crippen molar-refractivity contribution in [1.29, 1.82) is 0 Å². The van der Waals surface area contributed by atoms with Gasteiger partial charge < -0.3 is 0 Å². The van der Waals surface area contributed by atoms with E-state index in [1.54, 1.807) is 0 Å². The molecule has 2 N–H and O–H groups in total. The molecule has 0 amide bonds.